The van der Waals surface area contributed by atoms with Crippen molar-refractivity contribution in [2.75, 3.05) is 13.1 Å². The first kappa shape index (κ1) is 18.3. The maximum absolute atomic E-state index is 13.4. The highest BCUT2D eigenvalue weighted by molar-refractivity contribution is 5.88. The van der Waals surface area contributed by atoms with Crippen LogP contribution in [0.5, 0.6) is 0 Å². The molecule has 5 fully saturated rings. The lowest BCUT2D eigenvalue weighted by atomic mass is 9.48. The summed E-state index contributed by atoms with van der Waals surface area (Å²) >= 11 is 0. The molecule has 0 aromatic carbocycles. The van der Waals surface area contributed by atoms with Gasteiger partial charge in [0.25, 0.3) is 0 Å². The third-order valence-electron chi connectivity index (χ3n) is 7.81. The molecule has 4 aliphatic carbocycles. The second-order valence-corrected chi connectivity index (χ2v) is 9.79. The molecule has 0 spiro atoms. The van der Waals surface area contributed by atoms with Crippen LogP contribution in [0.2, 0.25) is 0 Å². The second kappa shape index (κ2) is 7.25. The molecule has 1 aliphatic heterocycles. The molecule has 1 atom stereocenters. The van der Waals surface area contributed by atoms with E-state index in [1.165, 1.54) is 19.3 Å². The summed E-state index contributed by atoms with van der Waals surface area (Å²) in [6, 6.07) is 5.56. The topological polar surface area (TPSA) is 62.3 Å². The summed E-state index contributed by atoms with van der Waals surface area (Å²) in [7, 11) is 0. The molecule has 5 nitrogen and oxygen atoms in total. The van der Waals surface area contributed by atoms with Gasteiger partial charge in [-0.3, -0.25) is 19.5 Å². The minimum Gasteiger partial charge on any atom is -0.349 e. The lowest BCUT2D eigenvalue weighted by Gasteiger charge is -2.56. The van der Waals surface area contributed by atoms with Crippen molar-refractivity contribution in [1.29, 1.82) is 0 Å². The SMILES string of the molecule is O=C(NCc1ccccn1)[C@@H]1CCCN1CC(=O)C12CC3CC(CC(C3)C1)C2. The van der Waals surface area contributed by atoms with E-state index in [0.29, 0.717) is 18.9 Å². The zero-order chi connectivity index (χ0) is 19.1. The molecule has 150 valence electrons. The average Bonchev–Trinajstić information content (AvgIpc) is 3.14. The Morgan fingerprint density at radius 2 is 1.82 bits per heavy atom. The minimum atomic E-state index is -0.165. The van der Waals surface area contributed by atoms with Gasteiger partial charge in [-0.1, -0.05) is 6.07 Å². The highest BCUT2D eigenvalue weighted by Crippen LogP contribution is 2.60. The van der Waals surface area contributed by atoms with Crippen LogP contribution in [0.15, 0.2) is 24.4 Å². The molecule has 4 saturated carbocycles. The predicted molar refractivity (Wildman–Crippen MR) is 106 cm³/mol. The molecule has 1 amide bonds. The van der Waals surface area contributed by atoms with Crippen molar-refractivity contribution in [3.8, 4) is 0 Å². The van der Waals surface area contributed by atoms with Gasteiger partial charge in [0.15, 0.2) is 5.78 Å². The number of ketones is 1. The largest absolute Gasteiger partial charge is 0.349 e. The van der Waals surface area contributed by atoms with E-state index in [9.17, 15) is 9.59 Å². The van der Waals surface area contributed by atoms with E-state index in [-0.39, 0.29) is 17.4 Å². The molecule has 0 unspecified atom stereocenters. The summed E-state index contributed by atoms with van der Waals surface area (Å²) in [5.41, 5.74) is 0.803. The smallest absolute Gasteiger partial charge is 0.237 e. The van der Waals surface area contributed by atoms with Gasteiger partial charge < -0.3 is 5.32 Å². The Labute approximate surface area is 167 Å². The number of aromatic nitrogens is 1. The quantitative estimate of drug-likeness (QED) is 0.823. The maximum Gasteiger partial charge on any atom is 0.237 e. The van der Waals surface area contributed by atoms with Crippen LogP contribution in [0.4, 0.5) is 0 Å². The Morgan fingerprint density at radius 1 is 1.11 bits per heavy atom. The van der Waals surface area contributed by atoms with Gasteiger partial charge in [-0.05, 0) is 87.8 Å². The van der Waals surface area contributed by atoms with Crippen LogP contribution in [-0.2, 0) is 16.1 Å². The summed E-state index contributed by atoms with van der Waals surface area (Å²) < 4.78 is 0. The number of amides is 1. The number of hydrogen-bond donors (Lipinski definition) is 1. The molecule has 28 heavy (non-hydrogen) atoms. The van der Waals surface area contributed by atoms with E-state index in [0.717, 1.165) is 62.1 Å². The van der Waals surface area contributed by atoms with E-state index in [2.05, 4.69) is 15.2 Å². The first-order chi connectivity index (χ1) is 13.6. The number of nitrogens with one attached hydrogen (secondary N) is 1. The van der Waals surface area contributed by atoms with Gasteiger partial charge in [-0.2, -0.15) is 0 Å². The number of nitrogens with zero attached hydrogens (tertiary/aromatic N) is 2. The van der Waals surface area contributed by atoms with Gasteiger partial charge in [-0.25, -0.2) is 0 Å². The van der Waals surface area contributed by atoms with E-state index in [1.54, 1.807) is 6.20 Å². The first-order valence-corrected chi connectivity index (χ1v) is 11.1. The van der Waals surface area contributed by atoms with Crippen molar-refractivity contribution >= 4 is 11.7 Å². The summed E-state index contributed by atoms with van der Waals surface area (Å²) in [5, 5.41) is 3.03. The number of carbonyl (C=O) groups excluding carboxylic acids is 2. The van der Waals surface area contributed by atoms with E-state index >= 15 is 0 Å². The Kier molecular flexibility index (Phi) is 4.74. The molecule has 4 bridgehead atoms. The molecular weight excluding hydrogens is 350 g/mol. The van der Waals surface area contributed by atoms with Gasteiger partial charge in [-0.15, -0.1) is 0 Å². The second-order valence-electron chi connectivity index (χ2n) is 9.79. The van der Waals surface area contributed by atoms with Crippen molar-refractivity contribution < 1.29 is 9.59 Å². The van der Waals surface area contributed by atoms with Gasteiger partial charge in [0, 0.05) is 11.6 Å². The Morgan fingerprint density at radius 3 is 2.46 bits per heavy atom. The summed E-state index contributed by atoms with van der Waals surface area (Å²) in [5.74, 6) is 2.82. The maximum atomic E-state index is 13.4. The number of pyridine rings is 1. The molecular formula is C23H31N3O2. The van der Waals surface area contributed by atoms with Crippen LogP contribution in [0, 0.1) is 23.2 Å². The fourth-order valence-corrected chi connectivity index (χ4v) is 6.91. The third kappa shape index (κ3) is 3.38. The van der Waals surface area contributed by atoms with Gasteiger partial charge >= 0.3 is 0 Å². The molecule has 1 N–H and O–H groups in total. The molecule has 2 heterocycles. The molecule has 1 aromatic heterocycles. The van der Waals surface area contributed by atoms with Crippen molar-refractivity contribution in [2.24, 2.45) is 23.2 Å². The fraction of sp³-hybridized carbons (Fsp3) is 0.696. The standard InChI is InChI=1S/C23H31N3O2/c27-21(23-11-16-8-17(12-23)10-18(9-16)13-23)15-26-7-3-5-20(26)22(28)25-14-19-4-1-2-6-24-19/h1-2,4,6,16-18,20H,3,5,7-15H2,(H,25,28)/t16?,17?,18?,20-,23?/m0/s1. The number of likely N-dealkylation sites (tertiary alicyclic amines) is 1. The summed E-state index contributed by atoms with van der Waals surface area (Å²) in [6.45, 7) is 1.78. The number of carbonyl (C=O) groups is 2. The first-order valence-electron chi connectivity index (χ1n) is 11.1. The Hall–Kier alpha value is -1.75. The highest BCUT2D eigenvalue weighted by Gasteiger charge is 2.54. The molecule has 1 aromatic rings. The molecule has 5 aliphatic rings. The lowest BCUT2D eigenvalue weighted by molar-refractivity contribution is -0.145. The van der Waals surface area contributed by atoms with Crippen molar-refractivity contribution in [3.05, 3.63) is 30.1 Å². The van der Waals surface area contributed by atoms with Crippen molar-refractivity contribution in [2.45, 2.75) is 64.0 Å². The third-order valence-corrected chi connectivity index (χ3v) is 7.81. The molecule has 0 radical (unpaired) electrons. The minimum absolute atomic E-state index is 0.0430. The zero-order valence-electron chi connectivity index (χ0n) is 16.6. The van der Waals surface area contributed by atoms with E-state index in [4.69, 9.17) is 0 Å². The summed E-state index contributed by atoms with van der Waals surface area (Å²) in [4.78, 5) is 32.6. The van der Waals surface area contributed by atoms with E-state index in [1.807, 2.05) is 18.2 Å². The monoisotopic (exact) mass is 381 g/mol. The Balaban J connectivity index is 1.21. The lowest BCUT2D eigenvalue weighted by Crippen LogP contribution is -2.53. The van der Waals surface area contributed by atoms with Gasteiger partial charge in [0.05, 0.1) is 24.8 Å². The number of hydrogen-bond acceptors (Lipinski definition) is 4. The van der Waals surface area contributed by atoms with Crippen LogP contribution in [0.3, 0.4) is 0 Å². The normalized spacial score (nSPS) is 36.6. The Bertz CT molecular complexity index is 712. The van der Waals surface area contributed by atoms with Crippen LogP contribution in [0.1, 0.15) is 57.1 Å². The predicted octanol–water partition coefficient (Wildman–Crippen LogP) is 2.95. The number of Topliss-reactive ketones (excluding diaryl/α,β-unsaturated/α-hetero) is 1. The van der Waals surface area contributed by atoms with Crippen molar-refractivity contribution in [3.63, 3.8) is 0 Å². The van der Waals surface area contributed by atoms with E-state index < -0.39 is 0 Å². The van der Waals surface area contributed by atoms with Gasteiger partial charge in [0.2, 0.25) is 5.91 Å². The van der Waals surface area contributed by atoms with Crippen LogP contribution < -0.4 is 5.32 Å². The molecule has 6 rings (SSSR count). The average molecular weight is 382 g/mol. The summed E-state index contributed by atoms with van der Waals surface area (Å²) in [6.07, 6.45) is 11.0. The number of rotatable bonds is 6. The van der Waals surface area contributed by atoms with Crippen molar-refractivity contribution in [1.82, 2.24) is 15.2 Å². The van der Waals surface area contributed by atoms with Crippen LogP contribution in [-0.4, -0.2) is 40.7 Å². The van der Waals surface area contributed by atoms with Gasteiger partial charge in [0.1, 0.15) is 0 Å². The zero-order valence-corrected chi connectivity index (χ0v) is 16.6. The molecule has 5 heteroatoms. The van der Waals surface area contributed by atoms with Crippen LogP contribution in [0.25, 0.3) is 0 Å². The fourth-order valence-electron chi connectivity index (χ4n) is 6.91. The van der Waals surface area contributed by atoms with Crippen LogP contribution >= 0.6 is 0 Å². The highest BCUT2D eigenvalue weighted by atomic mass is 16.2. The molecule has 1 saturated heterocycles.